The standard InChI is InChI=1S/C23H27ClN2O3/c1-16(17-5-8-19(24)9-6-17)25-15-23(27)26-11-2-4-20(26)18-7-10-21-22(14-18)29-13-3-12-28-21/h5-10,14,16,20,25H,2-4,11-13,15H2,1H3/p+1/t16-,20-/m1/s1. The molecule has 2 aliphatic heterocycles. The molecule has 0 saturated carbocycles. The number of rotatable bonds is 5. The fourth-order valence-electron chi connectivity index (χ4n) is 4.10. The van der Waals surface area contributed by atoms with Crippen LogP contribution in [0.4, 0.5) is 0 Å². The van der Waals surface area contributed by atoms with Crippen LogP contribution >= 0.6 is 11.6 Å². The largest absolute Gasteiger partial charge is 0.490 e. The summed E-state index contributed by atoms with van der Waals surface area (Å²) in [7, 11) is 0. The van der Waals surface area contributed by atoms with Crippen LogP contribution in [0.1, 0.15) is 49.4 Å². The van der Waals surface area contributed by atoms with Crippen LogP contribution in [-0.4, -0.2) is 37.1 Å². The van der Waals surface area contributed by atoms with E-state index in [-0.39, 0.29) is 18.0 Å². The topological polar surface area (TPSA) is 55.4 Å². The summed E-state index contributed by atoms with van der Waals surface area (Å²) in [6, 6.07) is 14.2. The van der Waals surface area contributed by atoms with Crippen LogP contribution in [0, 0.1) is 0 Å². The Bertz CT molecular complexity index is 856. The van der Waals surface area contributed by atoms with Crippen molar-refractivity contribution in [3.63, 3.8) is 0 Å². The summed E-state index contributed by atoms with van der Waals surface area (Å²) in [6.45, 7) is 4.71. The van der Waals surface area contributed by atoms with Gasteiger partial charge in [0.2, 0.25) is 0 Å². The second kappa shape index (κ2) is 9.06. The Balaban J connectivity index is 1.40. The second-order valence-electron chi connectivity index (χ2n) is 7.78. The van der Waals surface area contributed by atoms with Gasteiger partial charge in [-0.1, -0.05) is 29.8 Å². The van der Waals surface area contributed by atoms with Gasteiger partial charge in [0.1, 0.15) is 6.04 Å². The number of amides is 1. The van der Waals surface area contributed by atoms with E-state index < -0.39 is 0 Å². The van der Waals surface area contributed by atoms with Gasteiger partial charge in [0.25, 0.3) is 5.91 Å². The van der Waals surface area contributed by atoms with Crippen molar-refractivity contribution in [1.29, 1.82) is 0 Å². The molecular formula is C23H28ClN2O3+. The first kappa shape index (κ1) is 20.0. The summed E-state index contributed by atoms with van der Waals surface area (Å²) in [5.74, 6) is 1.77. The quantitative estimate of drug-likeness (QED) is 0.813. The van der Waals surface area contributed by atoms with Crippen molar-refractivity contribution < 1.29 is 19.6 Å². The van der Waals surface area contributed by atoms with Gasteiger partial charge in [-0.05, 0) is 49.6 Å². The lowest BCUT2D eigenvalue weighted by Crippen LogP contribution is -2.87. The molecule has 29 heavy (non-hydrogen) atoms. The molecule has 0 aliphatic carbocycles. The minimum Gasteiger partial charge on any atom is -0.490 e. The molecule has 2 atom stereocenters. The summed E-state index contributed by atoms with van der Waals surface area (Å²) >= 11 is 5.97. The van der Waals surface area contributed by atoms with Crippen LogP contribution in [0.3, 0.4) is 0 Å². The summed E-state index contributed by atoms with van der Waals surface area (Å²) in [5, 5.41) is 2.82. The maximum atomic E-state index is 13.0. The Morgan fingerprint density at radius 1 is 1.14 bits per heavy atom. The van der Waals surface area contributed by atoms with E-state index in [0.717, 1.165) is 47.9 Å². The Morgan fingerprint density at radius 3 is 2.69 bits per heavy atom. The predicted molar refractivity (Wildman–Crippen MR) is 112 cm³/mol. The number of hydrogen-bond donors (Lipinski definition) is 1. The molecule has 2 aromatic carbocycles. The summed E-state index contributed by atoms with van der Waals surface area (Å²) in [4.78, 5) is 15.0. The van der Waals surface area contributed by atoms with Crippen molar-refractivity contribution in [3.05, 3.63) is 58.6 Å². The molecule has 1 saturated heterocycles. The van der Waals surface area contributed by atoms with Crippen molar-refractivity contribution in [3.8, 4) is 11.5 Å². The number of fused-ring (bicyclic) bond motifs is 1. The van der Waals surface area contributed by atoms with E-state index in [1.165, 1.54) is 5.56 Å². The SMILES string of the molecule is C[C@@H]([NH2+]CC(=O)N1CCC[C@@H]1c1ccc2c(c1)OCCCO2)c1ccc(Cl)cc1. The molecule has 2 heterocycles. The molecule has 5 nitrogen and oxygen atoms in total. The van der Waals surface area contributed by atoms with Crippen molar-refractivity contribution in [2.24, 2.45) is 0 Å². The number of halogens is 1. The number of carbonyl (C=O) groups excluding carboxylic acids is 1. The zero-order valence-electron chi connectivity index (χ0n) is 16.8. The van der Waals surface area contributed by atoms with E-state index in [0.29, 0.717) is 19.8 Å². The van der Waals surface area contributed by atoms with Gasteiger partial charge in [-0.2, -0.15) is 0 Å². The third-order valence-electron chi connectivity index (χ3n) is 5.77. The van der Waals surface area contributed by atoms with E-state index in [4.69, 9.17) is 21.1 Å². The van der Waals surface area contributed by atoms with E-state index in [2.05, 4.69) is 24.4 Å². The van der Waals surface area contributed by atoms with Crippen LogP contribution in [-0.2, 0) is 4.79 Å². The van der Waals surface area contributed by atoms with Crippen LogP contribution < -0.4 is 14.8 Å². The Morgan fingerprint density at radius 2 is 1.90 bits per heavy atom. The highest BCUT2D eigenvalue weighted by Crippen LogP contribution is 2.37. The third kappa shape index (κ3) is 4.68. The summed E-state index contributed by atoms with van der Waals surface area (Å²) in [5.41, 5.74) is 2.30. The number of hydrogen-bond acceptors (Lipinski definition) is 3. The van der Waals surface area contributed by atoms with E-state index in [1.807, 2.05) is 35.2 Å². The highest BCUT2D eigenvalue weighted by molar-refractivity contribution is 6.30. The first-order chi connectivity index (χ1) is 14.1. The molecule has 2 N–H and O–H groups in total. The molecule has 1 amide bonds. The molecular weight excluding hydrogens is 388 g/mol. The summed E-state index contributed by atoms with van der Waals surface area (Å²) < 4.78 is 11.6. The van der Waals surface area contributed by atoms with Crippen molar-refractivity contribution in [2.45, 2.75) is 38.3 Å². The molecule has 4 rings (SSSR count). The average molecular weight is 416 g/mol. The van der Waals surface area contributed by atoms with Crippen molar-refractivity contribution >= 4 is 17.5 Å². The van der Waals surface area contributed by atoms with Crippen LogP contribution in [0.15, 0.2) is 42.5 Å². The first-order valence-electron chi connectivity index (χ1n) is 10.4. The van der Waals surface area contributed by atoms with E-state index >= 15 is 0 Å². The molecule has 0 bridgehead atoms. The molecule has 154 valence electrons. The first-order valence-corrected chi connectivity index (χ1v) is 10.8. The number of nitrogens with zero attached hydrogens (tertiary/aromatic N) is 1. The number of quaternary nitrogens is 1. The zero-order chi connectivity index (χ0) is 20.2. The maximum absolute atomic E-state index is 13.0. The second-order valence-corrected chi connectivity index (χ2v) is 8.22. The van der Waals surface area contributed by atoms with Crippen molar-refractivity contribution in [2.75, 3.05) is 26.3 Å². The van der Waals surface area contributed by atoms with Gasteiger partial charge in [-0.3, -0.25) is 4.79 Å². The highest BCUT2D eigenvalue weighted by Gasteiger charge is 2.31. The van der Waals surface area contributed by atoms with Crippen molar-refractivity contribution in [1.82, 2.24) is 4.90 Å². The van der Waals surface area contributed by atoms with Crippen LogP contribution in [0.2, 0.25) is 5.02 Å². The van der Waals surface area contributed by atoms with Gasteiger partial charge in [-0.15, -0.1) is 0 Å². The Labute approximate surface area is 176 Å². The molecule has 2 aliphatic rings. The molecule has 6 heteroatoms. The number of carbonyl (C=O) groups is 1. The van der Waals surface area contributed by atoms with Gasteiger partial charge >= 0.3 is 0 Å². The number of nitrogens with two attached hydrogens (primary N) is 1. The minimum atomic E-state index is 0.110. The lowest BCUT2D eigenvalue weighted by molar-refractivity contribution is -0.683. The zero-order valence-corrected chi connectivity index (χ0v) is 17.5. The predicted octanol–water partition coefficient (Wildman–Crippen LogP) is 3.49. The number of ether oxygens (including phenoxy) is 2. The average Bonchev–Trinajstić information content (AvgIpc) is 3.11. The summed E-state index contributed by atoms with van der Waals surface area (Å²) in [6.07, 6.45) is 2.90. The maximum Gasteiger partial charge on any atom is 0.278 e. The lowest BCUT2D eigenvalue weighted by Gasteiger charge is -2.25. The monoisotopic (exact) mass is 415 g/mol. The normalized spacial score (nSPS) is 19.7. The highest BCUT2D eigenvalue weighted by atomic mass is 35.5. The van der Waals surface area contributed by atoms with Gasteiger partial charge in [0, 0.05) is 23.6 Å². The molecule has 1 fully saturated rings. The Kier molecular flexibility index (Phi) is 6.26. The molecule has 0 spiro atoms. The van der Waals surface area contributed by atoms with E-state index in [1.54, 1.807) is 0 Å². The van der Waals surface area contributed by atoms with Gasteiger partial charge in [0.15, 0.2) is 18.0 Å². The number of benzene rings is 2. The molecule has 2 aromatic rings. The fraction of sp³-hybridized carbons (Fsp3) is 0.435. The van der Waals surface area contributed by atoms with Crippen LogP contribution in [0.5, 0.6) is 11.5 Å². The fourth-order valence-corrected chi connectivity index (χ4v) is 4.22. The molecule has 0 aromatic heterocycles. The third-order valence-corrected chi connectivity index (χ3v) is 6.02. The van der Waals surface area contributed by atoms with Gasteiger partial charge < -0.3 is 19.7 Å². The molecule has 0 radical (unpaired) electrons. The van der Waals surface area contributed by atoms with Crippen LogP contribution in [0.25, 0.3) is 0 Å². The van der Waals surface area contributed by atoms with Gasteiger partial charge in [0.05, 0.1) is 19.3 Å². The minimum absolute atomic E-state index is 0.110. The lowest BCUT2D eigenvalue weighted by atomic mass is 10.0. The van der Waals surface area contributed by atoms with Gasteiger partial charge in [-0.25, -0.2) is 0 Å². The Hall–Kier alpha value is -2.24. The smallest absolute Gasteiger partial charge is 0.278 e. The number of likely N-dealkylation sites (tertiary alicyclic amines) is 1. The molecule has 0 unspecified atom stereocenters. The van der Waals surface area contributed by atoms with E-state index in [9.17, 15) is 4.79 Å².